The summed E-state index contributed by atoms with van der Waals surface area (Å²) in [5.41, 5.74) is 0.722. The van der Waals surface area contributed by atoms with Crippen LogP contribution in [-0.4, -0.2) is 40.0 Å². The molecule has 1 fully saturated rings. The molecule has 1 amide bonds. The number of carbonyl (C=O) groups excluding carboxylic acids is 1. The molecule has 3 rings (SSSR count). The molecule has 1 saturated heterocycles. The third kappa shape index (κ3) is 3.25. The highest BCUT2D eigenvalue weighted by molar-refractivity contribution is 7.17. The van der Waals surface area contributed by atoms with E-state index in [4.69, 9.17) is 0 Å². The van der Waals surface area contributed by atoms with Crippen LogP contribution in [0.5, 0.6) is 0 Å². The molecule has 6 nitrogen and oxygen atoms in total. The quantitative estimate of drug-likeness (QED) is 0.892. The van der Waals surface area contributed by atoms with Crippen LogP contribution < -0.4 is 10.6 Å². The van der Waals surface area contributed by atoms with Crippen molar-refractivity contribution >= 4 is 17.2 Å². The summed E-state index contributed by atoms with van der Waals surface area (Å²) in [7, 11) is 0. The SMILES string of the molecule is Cc1nc(-c2ncccn2)sc1C(=O)NCC1CCCN1. The summed E-state index contributed by atoms with van der Waals surface area (Å²) in [4.78, 5) is 25.6. The van der Waals surface area contributed by atoms with Crippen LogP contribution in [0.1, 0.15) is 28.2 Å². The second-order valence-corrected chi connectivity index (χ2v) is 6.01. The Balaban J connectivity index is 1.70. The first-order valence-electron chi connectivity index (χ1n) is 7.00. The number of rotatable bonds is 4. The molecule has 0 spiro atoms. The normalized spacial score (nSPS) is 17.9. The molecule has 1 aliphatic heterocycles. The molecule has 0 radical (unpaired) electrons. The number of carbonyl (C=O) groups is 1. The van der Waals surface area contributed by atoms with E-state index in [0.717, 1.165) is 18.7 Å². The summed E-state index contributed by atoms with van der Waals surface area (Å²) < 4.78 is 0. The Morgan fingerprint density at radius 3 is 3.00 bits per heavy atom. The predicted molar refractivity (Wildman–Crippen MR) is 81.2 cm³/mol. The van der Waals surface area contributed by atoms with Crippen molar-refractivity contribution in [3.05, 3.63) is 29.0 Å². The smallest absolute Gasteiger partial charge is 0.263 e. The Bertz CT molecular complexity index is 622. The summed E-state index contributed by atoms with van der Waals surface area (Å²) in [5, 5.41) is 7.01. The lowest BCUT2D eigenvalue weighted by atomic mass is 10.2. The second kappa shape index (κ2) is 6.28. The van der Waals surface area contributed by atoms with E-state index < -0.39 is 0 Å². The summed E-state index contributed by atoms with van der Waals surface area (Å²) in [5.74, 6) is 0.489. The van der Waals surface area contributed by atoms with Crippen molar-refractivity contribution < 1.29 is 4.79 Å². The van der Waals surface area contributed by atoms with Gasteiger partial charge in [-0.2, -0.15) is 0 Å². The van der Waals surface area contributed by atoms with Crippen LogP contribution in [0, 0.1) is 6.92 Å². The van der Waals surface area contributed by atoms with Gasteiger partial charge >= 0.3 is 0 Å². The average Bonchev–Trinajstić information content (AvgIpc) is 3.15. The van der Waals surface area contributed by atoms with E-state index in [1.807, 2.05) is 6.92 Å². The van der Waals surface area contributed by atoms with E-state index in [2.05, 4.69) is 25.6 Å². The Morgan fingerprint density at radius 1 is 1.48 bits per heavy atom. The third-order valence-electron chi connectivity index (χ3n) is 3.43. The number of hydrogen-bond donors (Lipinski definition) is 2. The highest BCUT2D eigenvalue weighted by Gasteiger charge is 2.19. The van der Waals surface area contributed by atoms with Crippen LogP contribution >= 0.6 is 11.3 Å². The molecule has 7 heteroatoms. The van der Waals surface area contributed by atoms with Crippen LogP contribution in [-0.2, 0) is 0 Å². The molecule has 110 valence electrons. The minimum absolute atomic E-state index is 0.0686. The maximum Gasteiger partial charge on any atom is 0.263 e. The van der Waals surface area contributed by atoms with Gasteiger partial charge in [-0.05, 0) is 32.4 Å². The van der Waals surface area contributed by atoms with E-state index in [9.17, 15) is 4.79 Å². The molecule has 2 aromatic rings. The molecule has 21 heavy (non-hydrogen) atoms. The van der Waals surface area contributed by atoms with Crippen molar-refractivity contribution in [3.63, 3.8) is 0 Å². The van der Waals surface area contributed by atoms with Crippen LogP contribution in [0.4, 0.5) is 0 Å². The van der Waals surface area contributed by atoms with Crippen molar-refractivity contribution in [2.75, 3.05) is 13.1 Å². The lowest BCUT2D eigenvalue weighted by molar-refractivity contribution is 0.0953. The largest absolute Gasteiger partial charge is 0.350 e. The van der Waals surface area contributed by atoms with E-state index in [1.165, 1.54) is 17.8 Å². The van der Waals surface area contributed by atoms with E-state index >= 15 is 0 Å². The molecular formula is C14H17N5OS. The Morgan fingerprint density at radius 2 is 2.29 bits per heavy atom. The second-order valence-electron chi connectivity index (χ2n) is 5.01. The van der Waals surface area contributed by atoms with Gasteiger partial charge in [0.25, 0.3) is 5.91 Å². The summed E-state index contributed by atoms with van der Waals surface area (Å²) in [6, 6.07) is 2.14. The number of nitrogens with zero attached hydrogens (tertiary/aromatic N) is 3. The monoisotopic (exact) mass is 303 g/mol. The van der Waals surface area contributed by atoms with Crippen LogP contribution in [0.2, 0.25) is 0 Å². The number of aromatic nitrogens is 3. The zero-order valence-corrected chi connectivity index (χ0v) is 12.6. The van der Waals surface area contributed by atoms with Crippen molar-refractivity contribution in [1.29, 1.82) is 0 Å². The number of thiazole rings is 1. The first-order chi connectivity index (χ1) is 10.2. The molecule has 1 aliphatic rings. The van der Waals surface area contributed by atoms with E-state index in [0.29, 0.717) is 28.3 Å². The number of nitrogens with one attached hydrogen (secondary N) is 2. The lowest BCUT2D eigenvalue weighted by Crippen LogP contribution is -2.37. The number of amides is 1. The third-order valence-corrected chi connectivity index (χ3v) is 4.58. The molecule has 2 N–H and O–H groups in total. The Hall–Kier alpha value is -1.86. The maximum absolute atomic E-state index is 12.3. The molecule has 3 heterocycles. The Labute approximate surface area is 127 Å². The van der Waals surface area contributed by atoms with Gasteiger partial charge in [0.1, 0.15) is 4.88 Å². The van der Waals surface area contributed by atoms with E-state index in [-0.39, 0.29) is 5.91 Å². The molecule has 1 unspecified atom stereocenters. The molecule has 2 aromatic heterocycles. The zero-order valence-electron chi connectivity index (χ0n) is 11.8. The van der Waals surface area contributed by atoms with E-state index in [1.54, 1.807) is 18.5 Å². The van der Waals surface area contributed by atoms with Crippen molar-refractivity contribution in [1.82, 2.24) is 25.6 Å². The maximum atomic E-state index is 12.3. The molecule has 1 atom stereocenters. The standard InChI is InChI=1S/C14H17N5OS/c1-9-11(13(20)18-8-10-4-2-5-15-10)21-14(19-9)12-16-6-3-7-17-12/h3,6-7,10,15H,2,4-5,8H2,1H3,(H,18,20). The van der Waals surface area contributed by atoms with Gasteiger partial charge in [-0.15, -0.1) is 11.3 Å². The Kier molecular flexibility index (Phi) is 4.21. The minimum Gasteiger partial charge on any atom is -0.350 e. The fourth-order valence-corrected chi connectivity index (χ4v) is 3.27. The summed E-state index contributed by atoms with van der Waals surface area (Å²) in [6.07, 6.45) is 5.63. The summed E-state index contributed by atoms with van der Waals surface area (Å²) in [6.45, 7) is 3.54. The molecule has 0 aliphatic carbocycles. The number of hydrogen-bond acceptors (Lipinski definition) is 6. The topological polar surface area (TPSA) is 79.8 Å². The zero-order chi connectivity index (χ0) is 14.7. The minimum atomic E-state index is -0.0686. The summed E-state index contributed by atoms with van der Waals surface area (Å²) >= 11 is 1.33. The highest BCUT2D eigenvalue weighted by atomic mass is 32.1. The fourth-order valence-electron chi connectivity index (χ4n) is 2.34. The fraction of sp³-hybridized carbons (Fsp3) is 0.429. The highest BCUT2D eigenvalue weighted by Crippen LogP contribution is 2.24. The van der Waals surface area contributed by atoms with Crippen LogP contribution in [0.25, 0.3) is 10.8 Å². The molecule has 0 bridgehead atoms. The first kappa shape index (κ1) is 14.1. The first-order valence-corrected chi connectivity index (χ1v) is 7.82. The van der Waals surface area contributed by atoms with Gasteiger partial charge in [-0.3, -0.25) is 4.79 Å². The van der Waals surface area contributed by atoms with Gasteiger partial charge in [-0.25, -0.2) is 15.0 Å². The van der Waals surface area contributed by atoms with Gasteiger partial charge in [-0.1, -0.05) is 0 Å². The van der Waals surface area contributed by atoms with Crippen molar-refractivity contribution in [2.45, 2.75) is 25.8 Å². The molecule has 0 saturated carbocycles. The van der Waals surface area contributed by atoms with Crippen molar-refractivity contribution in [3.8, 4) is 10.8 Å². The van der Waals surface area contributed by atoms with Gasteiger partial charge in [0.2, 0.25) is 0 Å². The predicted octanol–water partition coefficient (Wildman–Crippen LogP) is 1.39. The van der Waals surface area contributed by atoms with Crippen LogP contribution in [0.15, 0.2) is 18.5 Å². The average molecular weight is 303 g/mol. The van der Waals surface area contributed by atoms with Gasteiger partial charge in [0, 0.05) is 25.0 Å². The van der Waals surface area contributed by atoms with Crippen LogP contribution in [0.3, 0.4) is 0 Å². The number of aryl methyl sites for hydroxylation is 1. The lowest BCUT2D eigenvalue weighted by Gasteiger charge is -2.10. The van der Waals surface area contributed by atoms with Gasteiger partial charge in [0.15, 0.2) is 10.8 Å². The van der Waals surface area contributed by atoms with Crippen molar-refractivity contribution in [2.24, 2.45) is 0 Å². The molecule has 0 aromatic carbocycles. The van der Waals surface area contributed by atoms with Gasteiger partial charge in [0.05, 0.1) is 5.69 Å². The van der Waals surface area contributed by atoms with Gasteiger partial charge < -0.3 is 10.6 Å². The molecular weight excluding hydrogens is 286 g/mol.